The lowest BCUT2D eigenvalue weighted by Gasteiger charge is -2.38. The van der Waals surface area contributed by atoms with Gasteiger partial charge >= 0.3 is 0 Å². The third kappa shape index (κ3) is 2.66. The van der Waals surface area contributed by atoms with Gasteiger partial charge in [-0.05, 0) is 31.6 Å². The van der Waals surface area contributed by atoms with Gasteiger partial charge in [-0.3, -0.25) is 9.59 Å². The van der Waals surface area contributed by atoms with Gasteiger partial charge in [-0.15, -0.1) is 0 Å². The fraction of sp³-hybridized carbons (Fsp3) is 0.846. The van der Waals surface area contributed by atoms with E-state index in [1.165, 1.54) is 0 Å². The maximum Gasteiger partial charge on any atom is 0.246 e. The third-order valence-corrected chi connectivity index (χ3v) is 3.75. The largest absolute Gasteiger partial charge is 0.384 e. The van der Waals surface area contributed by atoms with Crippen LogP contribution in [0.5, 0.6) is 0 Å². The van der Waals surface area contributed by atoms with E-state index < -0.39 is 0 Å². The summed E-state index contributed by atoms with van der Waals surface area (Å²) >= 11 is 0. The molecule has 0 aromatic heterocycles. The smallest absolute Gasteiger partial charge is 0.246 e. The van der Waals surface area contributed by atoms with Crippen LogP contribution >= 0.6 is 0 Å². The highest BCUT2D eigenvalue weighted by molar-refractivity contribution is 5.97. The van der Waals surface area contributed by atoms with Crippen LogP contribution in [0.4, 0.5) is 0 Å². The van der Waals surface area contributed by atoms with Crippen LogP contribution in [0.2, 0.25) is 0 Å². The first-order valence-corrected chi connectivity index (χ1v) is 6.64. The van der Waals surface area contributed by atoms with E-state index in [4.69, 9.17) is 4.74 Å². The third-order valence-electron chi connectivity index (χ3n) is 3.75. The second kappa shape index (κ2) is 5.26. The molecule has 0 aromatic rings. The zero-order valence-corrected chi connectivity index (χ0v) is 11.3. The van der Waals surface area contributed by atoms with E-state index in [2.05, 4.69) is 5.32 Å². The number of nitrogens with one attached hydrogen (secondary N) is 1. The molecule has 1 aliphatic heterocycles. The summed E-state index contributed by atoms with van der Waals surface area (Å²) in [6.07, 6.45) is 2.10. The van der Waals surface area contributed by atoms with Gasteiger partial charge in [-0.1, -0.05) is 6.92 Å². The lowest BCUT2D eigenvalue weighted by molar-refractivity contribution is -0.150. The van der Waals surface area contributed by atoms with Crippen LogP contribution in [0.1, 0.15) is 26.7 Å². The number of nitrogens with zero attached hydrogens (tertiary/aromatic N) is 1. The van der Waals surface area contributed by atoms with Gasteiger partial charge in [0.05, 0.1) is 6.61 Å². The molecule has 0 bridgehead atoms. The van der Waals surface area contributed by atoms with Crippen molar-refractivity contribution in [2.75, 3.05) is 20.3 Å². The van der Waals surface area contributed by atoms with Crippen molar-refractivity contribution < 1.29 is 14.3 Å². The summed E-state index contributed by atoms with van der Waals surface area (Å²) in [4.78, 5) is 26.0. The molecule has 3 unspecified atom stereocenters. The van der Waals surface area contributed by atoms with Crippen LogP contribution in [0.15, 0.2) is 0 Å². The molecular weight excluding hydrogens is 232 g/mol. The van der Waals surface area contributed by atoms with E-state index in [9.17, 15) is 9.59 Å². The minimum atomic E-state index is -0.369. The van der Waals surface area contributed by atoms with E-state index in [0.29, 0.717) is 19.1 Å². The van der Waals surface area contributed by atoms with E-state index >= 15 is 0 Å². The SMILES string of the molecule is COCC(C)CN1C(=O)C(C2CC2)NC(=O)C1C. The molecule has 2 fully saturated rings. The van der Waals surface area contributed by atoms with Crippen molar-refractivity contribution in [3.05, 3.63) is 0 Å². The van der Waals surface area contributed by atoms with Crippen molar-refractivity contribution in [2.24, 2.45) is 11.8 Å². The Labute approximate surface area is 108 Å². The Morgan fingerprint density at radius 2 is 2.11 bits per heavy atom. The molecule has 3 atom stereocenters. The number of piperazine rings is 1. The zero-order chi connectivity index (χ0) is 13.3. The normalized spacial score (nSPS) is 30.3. The van der Waals surface area contributed by atoms with Gasteiger partial charge in [0.15, 0.2) is 0 Å². The summed E-state index contributed by atoms with van der Waals surface area (Å²) in [7, 11) is 1.65. The maximum absolute atomic E-state index is 12.4. The Morgan fingerprint density at radius 1 is 1.44 bits per heavy atom. The van der Waals surface area contributed by atoms with Crippen molar-refractivity contribution in [3.8, 4) is 0 Å². The average molecular weight is 254 g/mol. The Morgan fingerprint density at radius 3 is 2.67 bits per heavy atom. The minimum Gasteiger partial charge on any atom is -0.384 e. The molecule has 5 nitrogen and oxygen atoms in total. The predicted molar refractivity (Wildman–Crippen MR) is 66.9 cm³/mol. The Kier molecular flexibility index (Phi) is 3.90. The van der Waals surface area contributed by atoms with Crippen LogP contribution in [0, 0.1) is 11.8 Å². The van der Waals surface area contributed by atoms with Crippen molar-refractivity contribution in [1.29, 1.82) is 0 Å². The number of hydrogen-bond donors (Lipinski definition) is 1. The number of amides is 2. The van der Waals surface area contributed by atoms with Gasteiger partial charge < -0.3 is 15.0 Å². The van der Waals surface area contributed by atoms with Crippen molar-refractivity contribution in [1.82, 2.24) is 10.2 Å². The van der Waals surface area contributed by atoms with Crippen LogP contribution in [0.3, 0.4) is 0 Å². The second-order valence-corrected chi connectivity index (χ2v) is 5.55. The zero-order valence-electron chi connectivity index (χ0n) is 11.3. The predicted octanol–water partition coefficient (Wildman–Crippen LogP) is 0.394. The molecule has 1 saturated heterocycles. The topological polar surface area (TPSA) is 58.6 Å². The van der Waals surface area contributed by atoms with Crippen LogP contribution < -0.4 is 5.32 Å². The monoisotopic (exact) mass is 254 g/mol. The summed E-state index contributed by atoms with van der Waals surface area (Å²) in [5.74, 6) is 0.644. The number of hydrogen-bond acceptors (Lipinski definition) is 3. The van der Waals surface area contributed by atoms with E-state index in [0.717, 1.165) is 12.8 Å². The highest BCUT2D eigenvalue weighted by Gasteiger charge is 2.45. The Bertz CT molecular complexity index is 341. The van der Waals surface area contributed by atoms with Crippen molar-refractivity contribution in [3.63, 3.8) is 0 Å². The van der Waals surface area contributed by atoms with Gasteiger partial charge in [-0.2, -0.15) is 0 Å². The summed E-state index contributed by atoms with van der Waals surface area (Å²) in [5, 5.41) is 2.85. The molecule has 1 heterocycles. The van der Waals surface area contributed by atoms with E-state index in [1.54, 1.807) is 18.9 Å². The number of rotatable bonds is 5. The molecule has 1 N–H and O–H groups in total. The molecule has 0 radical (unpaired) electrons. The number of carbonyl (C=O) groups excluding carboxylic acids is 2. The molecule has 0 aromatic carbocycles. The summed E-state index contributed by atoms with van der Waals surface area (Å²) < 4.78 is 5.09. The molecule has 5 heteroatoms. The molecule has 1 saturated carbocycles. The van der Waals surface area contributed by atoms with Gasteiger partial charge in [0.1, 0.15) is 12.1 Å². The van der Waals surface area contributed by atoms with Gasteiger partial charge in [0.2, 0.25) is 11.8 Å². The van der Waals surface area contributed by atoms with Crippen molar-refractivity contribution >= 4 is 11.8 Å². The molecular formula is C13H22N2O3. The maximum atomic E-state index is 12.4. The summed E-state index contributed by atoms with van der Waals surface area (Å²) in [5.41, 5.74) is 0. The molecule has 1 aliphatic carbocycles. The molecule has 102 valence electrons. The van der Waals surface area contributed by atoms with E-state index in [1.807, 2.05) is 6.92 Å². The van der Waals surface area contributed by atoms with E-state index in [-0.39, 0.29) is 29.8 Å². The number of ether oxygens (including phenoxy) is 1. The van der Waals surface area contributed by atoms with Gasteiger partial charge in [-0.25, -0.2) is 0 Å². The highest BCUT2D eigenvalue weighted by atomic mass is 16.5. The lowest BCUT2D eigenvalue weighted by atomic mass is 10.0. The molecule has 2 rings (SSSR count). The Hall–Kier alpha value is -1.10. The van der Waals surface area contributed by atoms with Crippen molar-refractivity contribution in [2.45, 2.75) is 38.8 Å². The first kappa shape index (κ1) is 13.3. The van der Waals surface area contributed by atoms with Crippen LogP contribution in [-0.4, -0.2) is 49.1 Å². The fourth-order valence-corrected chi connectivity index (χ4v) is 2.52. The average Bonchev–Trinajstić information content (AvgIpc) is 3.14. The fourth-order valence-electron chi connectivity index (χ4n) is 2.52. The minimum absolute atomic E-state index is 0.0314. The standard InChI is InChI=1S/C13H22N2O3/c1-8(7-18-3)6-15-9(2)12(16)14-11(13(15)17)10-4-5-10/h8-11H,4-7H2,1-3H3,(H,14,16). The van der Waals surface area contributed by atoms with Crippen LogP contribution in [-0.2, 0) is 14.3 Å². The van der Waals surface area contributed by atoms with Gasteiger partial charge in [0.25, 0.3) is 0 Å². The second-order valence-electron chi connectivity index (χ2n) is 5.55. The highest BCUT2D eigenvalue weighted by Crippen LogP contribution is 2.35. The summed E-state index contributed by atoms with van der Waals surface area (Å²) in [6, 6.07) is -0.657. The van der Waals surface area contributed by atoms with Gasteiger partial charge in [0, 0.05) is 13.7 Å². The molecule has 0 spiro atoms. The molecule has 2 aliphatic rings. The molecule has 2 amide bonds. The first-order valence-electron chi connectivity index (χ1n) is 6.64. The quantitative estimate of drug-likeness (QED) is 0.772. The Balaban J connectivity index is 2.04. The first-order chi connectivity index (χ1) is 8.54. The number of methoxy groups -OCH3 is 1. The lowest BCUT2D eigenvalue weighted by Crippen LogP contribution is -2.63. The van der Waals surface area contributed by atoms with Crippen LogP contribution in [0.25, 0.3) is 0 Å². The summed E-state index contributed by atoms with van der Waals surface area (Å²) in [6.45, 7) is 5.01. The molecule has 18 heavy (non-hydrogen) atoms. The number of carbonyl (C=O) groups is 2.